The minimum absolute atomic E-state index is 0.153. The van der Waals surface area contributed by atoms with Crippen LogP contribution in [0.3, 0.4) is 0 Å². The molecule has 0 spiro atoms. The normalized spacial score (nSPS) is 10.6. The van der Waals surface area contributed by atoms with Gasteiger partial charge in [-0.3, -0.25) is 0 Å². The molecule has 3 aromatic rings. The SMILES string of the molecule is [Si]Oc1ccccc1C(c1ccccc1)c1ccccc1. The van der Waals surface area contributed by atoms with E-state index in [-0.39, 0.29) is 5.92 Å². The van der Waals surface area contributed by atoms with Crippen molar-refractivity contribution in [2.24, 2.45) is 0 Å². The molecule has 0 fully saturated rings. The largest absolute Gasteiger partial charge is 0.540 e. The summed E-state index contributed by atoms with van der Waals surface area (Å²) in [7, 11) is 3.17. The van der Waals surface area contributed by atoms with Crippen molar-refractivity contribution in [3.63, 3.8) is 0 Å². The minimum atomic E-state index is 0.153. The van der Waals surface area contributed by atoms with Gasteiger partial charge >= 0.3 is 10.5 Å². The number of hydrogen-bond donors (Lipinski definition) is 0. The lowest BCUT2D eigenvalue weighted by molar-refractivity contribution is 0.603. The van der Waals surface area contributed by atoms with Crippen LogP contribution in [0.1, 0.15) is 22.6 Å². The van der Waals surface area contributed by atoms with Crippen LogP contribution in [0, 0.1) is 0 Å². The van der Waals surface area contributed by atoms with E-state index in [1.54, 1.807) is 0 Å². The van der Waals surface area contributed by atoms with Gasteiger partial charge in [-0.15, -0.1) is 0 Å². The topological polar surface area (TPSA) is 9.23 Å². The highest BCUT2D eigenvalue weighted by molar-refractivity contribution is 6.00. The molecule has 3 radical (unpaired) electrons. The van der Waals surface area contributed by atoms with E-state index in [4.69, 9.17) is 4.43 Å². The van der Waals surface area contributed by atoms with Crippen LogP contribution in [0.5, 0.6) is 5.75 Å². The molecule has 3 aromatic carbocycles. The van der Waals surface area contributed by atoms with Gasteiger partial charge < -0.3 is 4.43 Å². The van der Waals surface area contributed by atoms with Crippen LogP contribution in [0.4, 0.5) is 0 Å². The van der Waals surface area contributed by atoms with Crippen LogP contribution in [-0.4, -0.2) is 10.5 Å². The molecule has 2 heteroatoms. The molecule has 0 aliphatic rings. The number of hydrogen-bond acceptors (Lipinski definition) is 1. The number of benzene rings is 3. The molecule has 0 aliphatic carbocycles. The zero-order valence-electron chi connectivity index (χ0n) is 11.6. The fraction of sp³-hybridized carbons (Fsp3) is 0.0526. The first-order chi connectivity index (χ1) is 10.4. The fourth-order valence-electron chi connectivity index (χ4n) is 2.65. The lowest BCUT2D eigenvalue weighted by Crippen LogP contribution is -2.05. The van der Waals surface area contributed by atoms with E-state index in [9.17, 15) is 0 Å². The highest BCUT2D eigenvalue weighted by atomic mass is 28.2. The maximum absolute atomic E-state index is 5.37. The molecule has 0 saturated heterocycles. The number of para-hydroxylation sites is 1. The van der Waals surface area contributed by atoms with E-state index in [1.165, 1.54) is 11.1 Å². The quantitative estimate of drug-likeness (QED) is 0.512. The highest BCUT2D eigenvalue weighted by Gasteiger charge is 2.19. The predicted octanol–water partition coefficient (Wildman–Crippen LogP) is 4.33. The average molecular weight is 287 g/mol. The molecule has 0 aliphatic heterocycles. The molecule has 0 aromatic heterocycles. The van der Waals surface area contributed by atoms with Crippen molar-refractivity contribution in [1.29, 1.82) is 0 Å². The van der Waals surface area contributed by atoms with Gasteiger partial charge in [0, 0.05) is 11.5 Å². The van der Waals surface area contributed by atoms with Gasteiger partial charge in [0.1, 0.15) is 5.75 Å². The van der Waals surface area contributed by atoms with Crippen LogP contribution in [0.2, 0.25) is 0 Å². The third-order valence-electron chi connectivity index (χ3n) is 3.61. The van der Waals surface area contributed by atoms with Crippen LogP contribution in [0.25, 0.3) is 0 Å². The summed E-state index contributed by atoms with van der Waals surface area (Å²) in [6.45, 7) is 0. The van der Waals surface area contributed by atoms with Crippen molar-refractivity contribution in [3.8, 4) is 5.75 Å². The summed E-state index contributed by atoms with van der Waals surface area (Å²) in [6.07, 6.45) is 0. The second-order valence-electron chi connectivity index (χ2n) is 4.89. The molecule has 21 heavy (non-hydrogen) atoms. The Bertz CT molecular complexity index is 656. The van der Waals surface area contributed by atoms with Crippen molar-refractivity contribution in [2.75, 3.05) is 0 Å². The summed E-state index contributed by atoms with van der Waals surface area (Å²) in [6, 6.07) is 29.1. The molecule has 0 unspecified atom stereocenters. The second-order valence-corrected chi connectivity index (χ2v) is 5.10. The molecule has 1 nitrogen and oxygen atoms in total. The third-order valence-corrected chi connectivity index (χ3v) is 3.83. The Kier molecular flexibility index (Phi) is 4.17. The Morgan fingerprint density at radius 3 is 1.62 bits per heavy atom. The van der Waals surface area contributed by atoms with E-state index in [0.717, 1.165) is 11.3 Å². The van der Waals surface area contributed by atoms with E-state index < -0.39 is 0 Å². The molecule has 101 valence electrons. The first-order valence-corrected chi connectivity index (χ1v) is 7.33. The van der Waals surface area contributed by atoms with Crippen molar-refractivity contribution in [2.45, 2.75) is 5.92 Å². The van der Waals surface area contributed by atoms with Gasteiger partial charge in [-0.25, -0.2) is 0 Å². The Balaban J connectivity index is 2.17. The van der Waals surface area contributed by atoms with Crippen LogP contribution < -0.4 is 4.43 Å². The minimum Gasteiger partial charge on any atom is -0.540 e. The smallest absolute Gasteiger partial charge is 0.341 e. The molecule has 0 heterocycles. The first kappa shape index (κ1) is 13.7. The Morgan fingerprint density at radius 2 is 1.10 bits per heavy atom. The van der Waals surface area contributed by atoms with E-state index >= 15 is 0 Å². The van der Waals surface area contributed by atoms with Crippen LogP contribution in [-0.2, 0) is 0 Å². The average Bonchev–Trinajstić information content (AvgIpc) is 2.58. The predicted molar refractivity (Wildman–Crippen MR) is 86.7 cm³/mol. The Morgan fingerprint density at radius 1 is 0.619 bits per heavy atom. The summed E-state index contributed by atoms with van der Waals surface area (Å²) in [5.74, 6) is 0.992. The standard InChI is InChI=1S/C19H15OSi/c21-20-18-14-8-7-13-17(18)19(15-9-3-1-4-10-15)16-11-5-2-6-12-16/h1-14,19H. The van der Waals surface area contributed by atoms with Gasteiger partial charge in [0.05, 0.1) is 0 Å². The summed E-state index contributed by atoms with van der Waals surface area (Å²) in [5, 5.41) is 0. The Labute approximate surface area is 128 Å². The highest BCUT2D eigenvalue weighted by Crippen LogP contribution is 2.36. The van der Waals surface area contributed by atoms with Gasteiger partial charge in [-0.1, -0.05) is 78.9 Å². The zero-order chi connectivity index (χ0) is 14.5. The molecular formula is C19H15OSi. The summed E-state index contributed by atoms with van der Waals surface area (Å²) < 4.78 is 5.37. The lowest BCUT2D eigenvalue weighted by atomic mass is 9.85. The maximum Gasteiger partial charge on any atom is 0.341 e. The third kappa shape index (κ3) is 2.90. The first-order valence-electron chi connectivity index (χ1n) is 6.92. The Hall–Kier alpha value is -2.32. The zero-order valence-corrected chi connectivity index (χ0v) is 12.6. The molecule has 0 saturated carbocycles. The monoisotopic (exact) mass is 287 g/mol. The second kappa shape index (κ2) is 6.42. The van der Waals surface area contributed by atoms with E-state index in [1.807, 2.05) is 30.3 Å². The van der Waals surface area contributed by atoms with Gasteiger partial charge in [0.25, 0.3) is 0 Å². The van der Waals surface area contributed by atoms with E-state index in [0.29, 0.717) is 0 Å². The van der Waals surface area contributed by atoms with Gasteiger partial charge in [0.2, 0.25) is 0 Å². The van der Waals surface area contributed by atoms with Gasteiger partial charge in [0.15, 0.2) is 0 Å². The van der Waals surface area contributed by atoms with Gasteiger partial charge in [-0.05, 0) is 17.2 Å². The maximum atomic E-state index is 5.37. The van der Waals surface area contributed by atoms with Crippen molar-refractivity contribution >= 4 is 10.5 Å². The molecule has 0 atom stereocenters. The van der Waals surface area contributed by atoms with Crippen LogP contribution in [0.15, 0.2) is 84.9 Å². The number of rotatable bonds is 4. The molecule has 0 N–H and O–H groups in total. The summed E-state index contributed by atoms with van der Waals surface area (Å²) >= 11 is 0. The molecular weight excluding hydrogens is 272 g/mol. The van der Waals surface area contributed by atoms with E-state index in [2.05, 4.69) is 65.1 Å². The summed E-state index contributed by atoms with van der Waals surface area (Å²) in [5.41, 5.74) is 3.64. The van der Waals surface area contributed by atoms with Crippen LogP contribution >= 0.6 is 0 Å². The van der Waals surface area contributed by atoms with Crippen molar-refractivity contribution in [3.05, 3.63) is 102 Å². The van der Waals surface area contributed by atoms with Crippen molar-refractivity contribution in [1.82, 2.24) is 0 Å². The molecule has 0 bridgehead atoms. The summed E-state index contributed by atoms with van der Waals surface area (Å²) in [4.78, 5) is 0. The molecule has 3 rings (SSSR count). The van der Waals surface area contributed by atoms with Crippen molar-refractivity contribution < 1.29 is 4.43 Å². The molecule has 0 amide bonds. The lowest BCUT2D eigenvalue weighted by Gasteiger charge is -2.21. The fourth-order valence-corrected chi connectivity index (χ4v) is 2.84. The van der Waals surface area contributed by atoms with Gasteiger partial charge in [-0.2, -0.15) is 0 Å².